The minimum Gasteiger partial charge on any atom is -0.465 e. The summed E-state index contributed by atoms with van der Waals surface area (Å²) >= 11 is 0. The predicted octanol–water partition coefficient (Wildman–Crippen LogP) is 1.13. The molecule has 2 rings (SSSR count). The lowest BCUT2D eigenvalue weighted by Gasteiger charge is -2.20. The normalized spacial score (nSPS) is 26.4. The second-order valence-electron chi connectivity index (χ2n) is 4.84. The first-order valence-corrected chi connectivity index (χ1v) is 5.31. The van der Waals surface area contributed by atoms with Gasteiger partial charge in [-0.25, -0.2) is 4.79 Å². The van der Waals surface area contributed by atoms with Gasteiger partial charge in [-0.15, -0.1) is 0 Å². The maximum Gasteiger partial charge on any atom is 0.404 e. The zero-order valence-electron chi connectivity index (χ0n) is 8.62. The van der Waals surface area contributed by atoms with Crippen molar-refractivity contribution in [1.29, 1.82) is 0 Å². The van der Waals surface area contributed by atoms with Gasteiger partial charge < -0.3 is 15.3 Å². The van der Waals surface area contributed by atoms with E-state index >= 15 is 0 Å². The molecule has 4 nitrogen and oxygen atoms in total. The van der Waals surface area contributed by atoms with Crippen molar-refractivity contribution in [2.45, 2.75) is 32.2 Å². The van der Waals surface area contributed by atoms with E-state index in [1.54, 1.807) is 0 Å². The summed E-state index contributed by atoms with van der Waals surface area (Å²) in [6, 6.07) is 0.0430. The number of nitrogens with one attached hydrogen (secondary N) is 1. The molecular weight excluding hydrogens is 180 g/mol. The average Bonchev–Trinajstić information content (AvgIpc) is 2.67. The van der Waals surface area contributed by atoms with E-state index in [0.29, 0.717) is 5.41 Å². The van der Waals surface area contributed by atoms with Gasteiger partial charge in [0.2, 0.25) is 0 Å². The fourth-order valence-corrected chi connectivity index (χ4v) is 2.41. The van der Waals surface area contributed by atoms with E-state index in [0.717, 1.165) is 13.1 Å². The highest BCUT2D eigenvalue weighted by Crippen LogP contribution is 2.52. The van der Waals surface area contributed by atoms with Crippen molar-refractivity contribution in [3.05, 3.63) is 0 Å². The fraction of sp³-hybridized carbons (Fsp3) is 0.900. The topological polar surface area (TPSA) is 52.6 Å². The Labute approximate surface area is 84.3 Å². The van der Waals surface area contributed by atoms with Crippen LogP contribution in [0, 0.1) is 5.41 Å². The van der Waals surface area contributed by atoms with Crippen LogP contribution in [0.3, 0.4) is 0 Å². The second kappa shape index (κ2) is 3.42. The summed E-state index contributed by atoms with van der Waals surface area (Å²) in [5.74, 6) is 0. The predicted molar refractivity (Wildman–Crippen MR) is 53.3 cm³/mol. The number of carbonyl (C=O) groups is 1. The van der Waals surface area contributed by atoms with E-state index in [1.807, 2.05) is 6.92 Å². The molecule has 0 bridgehead atoms. The Morgan fingerprint density at radius 2 is 2.29 bits per heavy atom. The summed E-state index contributed by atoms with van der Waals surface area (Å²) in [6.45, 7) is 5.10. The van der Waals surface area contributed by atoms with Crippen LogP contribution in [0.15, 0.2) is 0 Å². The number of nitrogens with zero attached hydrogens (tertiary/aromatic N) is 1. The molecule has 0 aromatic heterocycles. The van der Waals surface area contributed by atoms with Gasteiger partial charge in [-0.1, -0.05) is 0 Å². The van der Waals surface area contributed by atoms with Gasteiger partial charge in [-0.05, 0) is 38.1 Å². The van der Waals surface area contributed by atoms with Crippen LogP contribution in [0.2, 0.25) is 0 Å². The summed E-state index contributed by atoms with van der Waals surface area (Å²) in [6.07, 6.45) is 3.15. The van der Waals surface area contributed by atoms with Gasteiger partial charge >= 0.3 is 6.09 Å². The molecule has 1 aliphatic heterocycles. The minimum absolute atomic E-state index is 0.0430. The van der Waals surface area contributed by atoms with Crippen LogP contribution in [0.5, 0.6) is 0 Å². The van der Waals surface area contributed by atoms with E-state index in [9.17, 15) is 4.79 Å². The SMILES string of the molecule is CC(CN1CCC2(CC2)C1)NC(=O)O. The summed E-state index contributed by atoms with van der Waals surface area (Å²) in [5, 5.41) is 11.0. The van der Waals surface area contributed by atoms with Crippen molar-refractivity contribution in [2.24, 2.45) is 5.41 Å². The van der Waals surface area contributed by atoms with Crippen molar-refractivity contribution in [3.8, 4) is 0 Å². The molecule has 1 atom stereocenters. The van der Waals surface area contributed by atoms with Crippen LogP contribution >= 0.6 is 0 Å². The highest BCUT2D eigenvalue weighted by atomic mass is 16.4. The lowest BCUT2D eigenvalue weighted by molar-refractivity contribution is 0.185. The van der Waals surface area contributed by atoms with E-state index in [4.69, 9.17) is 5.11 Å². The first kappa shape index (κ1) is 9.77. The maximum atomic E-state index is 10.4. The summed E-state index contributed by atoms with van der Waals surface area (Å²) in [7, 11) is 0. The third-order valence-electron chi connectivity index (χ3n) is 3.38. The van der Waals surface area contributed by atoms with Gasteiger partial charge in [0.15, 0.2) is 0 Å². The molecule has 1 heterocycles. The Kier molecular flexibility index (Phi) is 2.39. The molecule has 1 unspecified atom stereocenters. The highest BCUT2D eigenvalue weighted by molar-refractivity contribution is 5.64. The van der Waals surface area contributed by atoms with Gasteiger partial charge in [-0.2, -0.15) is 0 Å². The van der Waals surface area contributed by atoms with Crippen molar-refractivity contribution < 1.29 is 9.90 Å². The molecule has 1 saturated heterocycles. The molecule has 0 radical (unpaired) electrons. The Hall–Kier alpha value is -0.770. The monoisotopic (exact) mass is 198 g/mol. The van der Waals surface area contributed by atoms with Gasteiger partial charge in [-0.3, -0.25) is 0 Å². The molecule has 1 saturated carbocycles. The number of likely N-dealkylation sites (tertiary alicyclic amines) is 1. The van der Waals surface area contributed by atoms with Crippen LogP contribution in [-0.2, 0) is 0 Å². The van der Waals surface area contributed by atoms with Gasteiger partial charge in [0, 0.05) is 19.1 Å². The van der Waals surface area contributed by atoms with Crippen LogP contribution in [0.1, 0.15) is 26.2 Å². The third-order valence-corrected chi connectivity index (χ3v) is 3.38. The lowest BCUT2D eigenvalue weighted by Crippen LogP contribution is -2.40. The summed E-state index contributed by atoms with van der Waals surface area (Å²) < 4.78 is 0. The molecule has 4 heteroatoms. The number of amides is 1. The summed E-state index contributed by atoms with van der Waals surface area (Å²) in [4.78, 5) is 12.8. The smallest absolute Gasteiger partial charge is 0.404 e. The molecule has 2 N–H and O–H groups in total. The minimum atomic E-state index is -0.919. The molecule has 0 aromatic carbocycles. The molecule has 14 heavy (non-hydrogen) atoms. The fourth-order valence-electron chi connectivity index (χ4n) is 2.41. The van der Waals surface area contributed by atoms with Crippen LogP contribution < -0.4 is 5.32 Å². The van der Waals surface area contributed by atoms with E-state index in [1.165, 1.54) is 25.8 Å². The molecule has 2 fully saturated rings. The Morgan fingerprint density at radius 3 is 2.79 bits per heavy atom. The van der Waals surface area contributed by atoms with Crippen LogP contribution in [0.4, 0.5) is 4.79 Å². The summed E-state index contributed by atoms with van der Waals surface area (Å²) in [5.41, 5.74) is 0.642. The second-order valence-corrected chi connectivity index (χ2v) is 4.84. The molecule has 1 amide bonds. The Morgan fingerprint density at radius 1 is 1.57 bits per heavy atom. The zero-order chi connectivity index (χ0) is 10.2. The van der Waals surface area contributed by atoms with Gasteiger partial charge in [0.1, 0.15) is 0 Å². The number of rotatable bonds is 3. The standard InChI is InChI=1S/C10H18N2O2/c1-8(11-9(13)14)6-12-5-4-10(7-12)2-3-10/h8,11H,2-7H2,1H3,(H,13,14). The lowest BCUT2D eigenvalue weighted by atomic mass is 10.1. The van der Waals surface area contributed by atoms with E-state index < -0.39 is 6.09 Å². The van der Waals surface area contributed by atoms with E-state index in [-0.39, 0.29) is 6.04 Å². The number of hydrogen-bond donors (Lipinski definition) is 2. The van der Waals surface area contributed by atoms with Gasteiger partial charge in [0.25, 0.3) is 0 Å². The van der Waals surface area contributed by atoms with E-state index in [2.05, 4.69) is 10.2 Å². The zero-order valence-corrected chi connectivity index (χ0v) is 8.62. The first-order chi connectivity index (χ1) is 6.60. The average molecular weight is 198 g/mol. The van der Waals surface area contributed by atoms with Crippen LogP contribution in [-0.4, -0.2) is 41.8 Å². The number of carboxylic acid groups (broad SMARTS) is 1. The van der Waals surface area contributed by atoms with Crippen molar-refractivity contribution in [3.63, 3.8) is 0 Å². The Bertz CT molecular complexity index is 238. The maximum absolute atomic E-state index is 10.4. The molecule has 1 spiro atoms. The van der Waals surface area contributed by atoms with Crippen molar-refractivity contribution >= 4 is 6.09 Å². The third kappa shape index (κ3) is 2.18. The number of hydrogen-bond acceptors (Lipinski definition) is 2. The molecule has 80 valence electrons. The van der Waals surface area contributed by atoms with Gasteiger partial charge in [0.05, 0.1) is 0 Å². The Balaban J connectivity index is 1.72. The quantitative estimate of drug-likeness (QED) is 0.714. The van der Waals surface area contributed by atoms with Crippen molar-refractivity contribution in [2.75, 3.05) is 19.6 Å². The molecule has 0 aromatic rings. The largest absolute Gasteiger partial charge is 0.465 e. The highest BCUT2D eigenvalue weighted by Gasteiger charge is 2.47. The molecule has 1 aliphatic carbocycles. The van der Waals surface area contributed by atoms with Crippen LogP contribution in [0.25, 0.3) is 0 Å². The molecular formula is C10H18N2O2. The molecule has 2 aliphatic rings. The first-order valence-electron chi connectivity index (χ1n) is 5.31. The van der Waals surface area contributed by atoms with Crippen molar-refractivity contribution in [1.82, 2.24) is 10.2 Å².